The summed E-state index contributed by atoms with van der Waals surface area (Å²) >= 11 is 0. The molecular formula is C18H32N4O5S. The number of piperazine rings is 1. The topological polar surface area (TPSA) is 116 Å². The standard InChI is InChI=1S/C18H32N4O5S/c1-18(13-22(28(3,26)27)12-16(24)21(18)2)17(25)19-11-15(23)20-14-9-7-5-4-6-8-10-14/h14H,4-13H2,1-3H3,(H,19,25)(H,20,23)/t18-/m1/s1. The molecule has 2 rings (SSSR count). The first-order valence-electron chi connectivity index (χ1n) is 9.83. The molecule has 2 aliphatic rings. The average Bonchev–Trinajstić information content (AvgIpc) is 2.58. The lowest BCUT2D eigenvalue weighted by Gasteiger charge is -2.44. The van der Waals surface area contributed by atoms with Crippen molar-refractivity contribution in [2.24, 2.45) is 0 Å². The minimum absolute atomic E-state index is 0.125. The van der Waals surface area contributed by atoms with Gasteiger partial charge in [0.25, 0.3) is 0 Å². The lowest BCUT2D eigenvalue weighted by molar-refractivity contribution is -0.150. The zero-order valence-electron chi connectivity index (χ0n) is 17.0. The number of likely N-dealkylation sites (N-methyl/N-ethyl adjacent to an activating group) is 1. The van der Waals surface area contributed by atoms with Gasteiger partial charge in [-0.1, -0.05) is 32.1 Å². The second kappa shape index (κ2) is 9.21. The van der Waals surface area contributed by atoms with Gasteiger partial charge in [-0.05, 0) is 19.8 Å². The van der Waals surface area contributed by atoms with E-state index in [-0.39, 0.29) is 31.6 Å². The minimum atomic E-state index is -3.62. The SMILES string of the molecule is CN1C(=O)CN(S(C)(=O)=O)C[C@]1(C)C(=O)NCC(=O)NC1CCCCCCC1. The molecule has 0 radical (unpaired) electrons. The molecule has 1 heterocycles. The predicted octanol–water partition coefficient (Wildman–Crippen LogP) is -0.176. The van der Waals surface area contributed by atoms with Crippen LogP contribution in [0.3, 0.4) is 0 Å². The average molecular weight is 417 g/mol. The summed E-state index contributed by atoms with van der Waals surface area (Å²) < 4.78 is 24.7. The molecule has 1 saturated heterocycles. The summed E-state index contributed by atoms with van der Waals surface area (Å²) in [6, 6.07) is 0.125. The van der Waals surface area contributed by atoms with Crippen LogP contribution in [0, 0.1) is 0 Å². The third kappa shape index (κ3) is 5.66. The van der Waals surface area contributed by atoms with E-state index in [2.05, 4.69) is 10.6 Å². The van der Waals surface area contributed by atoms with Gasteiger partial charge in [0, 0.05) is 19.6 Å². The number of carbonyl (C=O) groups is 3. The number of rotatable bonds is 5. The lowest BCUT2D eigenvalue weighted by atomic mass is 9.96. The van der Waals surface area contributed by atoms with E-state index in [1.165, 1.54) is 38.1 Å². The van der Waals surface area contributed by atoms with Crippen LogP contribution in [-0.4, -0.2) is 79.9 Å². The van der Waals surface area contributed by atoms with Gasteiger partial charge in [0.2, 0.25) is 27.7 Å². The maximum atomic E-state index is 12.7. The second-order valence-corrected chi connectivity index (χ2v) is 10.0. The van der Waals surface area contributed by atoms with Crippen molar-refractivity contribution in [1.82, 2.24) is 19.8 Å². The number of carbonyl (C=O) groups excluding carboxylic acids is 3. The van der Waals surface area contributed by atoms with E-state index in [0.29, 0.717) is 0 Å². The van der Waals surface area contributed by atoms with Crippen LogP contribution in [0.15, 0.2) is 0 Å². The van der Waals surface area contributed by atoms with E-state index in [4.69, 9.17) is 0 Å². The molecule has 3 amide bonds. The number of nitrogens with one attached hydrogen (secondary N) is 2. The highest BCUT2D eigenvalue weighted by Crippen LogP contribution is 2.23. The van der Waals surface area contributed by atoms with E-state index in [0.717, 1.165) is 36.2 Å². The molecule has 28 heavy (non-hydrogen) atoms. The van der Waals surface area contributed by atoms with Crippen LogP contribution >= 0.6 is 0 Å². The van der Waals surface area contributed by atoms with E-state index in [9.17, 15) is 22.8 Å². The highest BCUT2D eigenvalue weighted by molar-refractivity contribution is 7.88. The first-order valence-corrected chi connectivity index (χ1v) is 11.7. The number of hydrogen-bond acceptors (Lipinski definition) is 5. The van der Waals surface area contributed by atoms with Gasteiger partial charge >= 0.3 is 0 Å². The van der Waals surface area contributed by atoms with Crippen LogP contribution in [0.4, 0.5) is 0 Å². The fourth-order valence-corrected chi connectivity index (χ4v) is 4.56. The quantitative estimate of drug-likeness (QED) is 0.645. The van der Waals surface area contributed by atoms with Crippen LogP contribution in [0.25, 0.3) is 0 Å². The summed E-state index contributed by atoms with van der Waals surface area (Å²) in [6.45, 7) is 0.862. The molecule has 2 fully saturated rings. The summed E-state index contributed by atoms with van der Waals surface area (Å²) in [7, 11) is -2.15. The van der Waals surface area contributed by atoms with Gasteiger partial charge in [0.15, 0.2) is 0 Å². The van der Waals surface area contributed by atoms with Crippen LogP contribution in [0.5, 0.6) is 0 Å². The van der Waals surface area contributed by atoms with E-state index < -0.39 is 27.4 Å². The van der Waals surface area contributed by atoms with E-state index in [1.54, 1.807) is 0 Å². The van der Waals surface area contributed by atoms with Gasteiger partial charge in [-0.25, -0.2) is 8.42 Å². The maximum Gasteiger partial charge on any atom is 0.247 e. The molecule has 0 aromatic heterocycles. The number of amides is 3. The molecule has 160 valence electrons. The Morgan fingerprint density at radius 3 is 2.29 bits per heavy atom. The summed E-state index contributed by atoms with van der Waals surface area (Å²) in [5.41, 5.74) is -1.38. The molecule has 1 aliphatic heterocycles. The largest absolute Gasteiger partial charge is 0.352 e. The minimum Gasteiger partial charge on any atom is -0.352 e. The Bertz CT molecular complexity index is 703. The molecule has 0 aromatic rings. The Labute approximate surface area is 167 Å². The van der Waals surface area contributed by atoms with Crippen molar-refractivity contribution in [2.75, 3.05) is 32.9 Å². The third-order valence-electron chi connectivity index (χ3n) is 5.75. The Hall–Kier alpha value is -1.68. The monoisotopic (exact) mass is 416 g/mol. The third-order valence-corrected chi connectivity index (χ3v) is 6.94. The van der Waals surface area contributed by atoms with Crippen LogP contribution in [0.1, 0.15) is 51.9 Å². The molecule has 0 aromatic carbocycles. The van der Waals surface area contributed by atoms with Gasteiger partial charge in [-0.2, -0.15) is 4.31 Å². The zero-order valence-corrected chi connectivity index (χ0v) is 17.8. The number of nitrogens with zero attached hydrogens (tertiary/aromatic N) is 2. The first-order chi connectivity index (χ1) is 13.0. The molecule has 9 nitrogen and oxygen atoms in total. The normalized spacial score (nSPS) is 25.7. The molecular weight excluding hydrogens is 384 g/mol. The molecule has 1 aliphatic carbocycles. The van der Waals surface area contributed by atoms with Crippen molar-refractivity contribution >= 4 is 27.7 Å². The van der Waals surface area contributed by atoms with Crippen molar-refractivity contribution in [3.05, 3.63) is 0 Å². The Morgan fingerprint density at radius 2 is 1.71 bits per heavy atom. The molecule has 1 atom stereocenters. The van der Waals surface area contributed by atoms with Crippen molar-refractivity contribution in [3.8, 4) is 0 Å². The second-order valence-electron chi connectivity index (χ2n) is 8.05. The summed E-state index contributed by atoms with van der Waals surface area (Å²) in [6.07, 6.45) is 8.67. The summed E-state index contributed by atoms with van der Waals surface area (Å²) in [4.78, 5) is 38.4. The summed E-state index contributed by atoms with van der Waals surface area (Å²) in [5.74, 6) is -1.29. The molecule has 1 saturated carbocycles. The van der Waals surface area contributed by atoms with Gasteiger partial charge in [-0.15, -0.1) is 0 Å². The summed E-state index contributed by atoms with van der Waals surface area (Å²) in [5, 5.41) is 5.54. The van der Waals surface area contributed by atoms with Crippen LogP contribution in [-0.2, 0) is 24.4 Å². The highest BCUT2D eigenvalue weighted by atomic mass is 32.2. The van der Waals surface area contributed by atoms with E-state index >= 15 is 0 Å². The fraction of sp³-hybridized carbons (Fsp3) is 0.833. The van der Waals surface area contributed by atoms with Crippen molar-refractivity contribution in [3.63, 3.8) is 0 Å². The van der Waals surface area contributed by atoms with Gasteiger partial charge in [-0.3, -0.25) is 14.4 Å². The highest BCUT2D eigenvalue weighted by Gasteiger charge is 2.47. The molecule has 10 heteroatoms. The first kappa shape index (κ1) is 22.6. The maximum absolute atomic E-state index is 12.7. The van der Waals surface area contributed by atoms with Gasteiger partial charge < -0.3 is 15.5 Å². The smallest absolute Gasteiger partial charge is 0.247 e. The van der Waals surface area contributed by atoms with Crippen molar-refractivity contribution in [1.29, 1.82) is 0 Å². The molecule has 0 spiro atoms. The predicted molar refractivity (Wildman–Crippen MR) is 105 cm³/mol. The molecule has 0 unspecified atom stereocenters. The van der Waals surface area contributed by atoms with Gasteiger partial charge in [0.05, 0.1) is 19.3 Å². The Kier molecular flexibility index (Phi) is 7.44. The Morgan fingerprint density at radius 1 is 1.14 bits per heavy atom. The van der Waals surface area contributed by atoms with Crippen molar-refractivity contribution in [2.45, 2.75) is 63.5 Å². The fourth-order valence-electron chi connectivity index (χ4n) is 3.73. The zero-order chi connectivity index (χ0) is 20.9. The Balaban J connectivity index is 1.94. The molecule has 0 bridgehead atoms. The van der Waals surface area contributed by atoms with Crippen LogP contribution < -0.4 is 10.6 Å². The molecule has 2 N–H and O–H groups in total. The van der Waals surface area contributed by atoms with Gasteiger partial charge in [0.1, 0.15) is 5.54 Å². The van der Waals surface area contributed by atoms with Crippen LogP contribution in [0.2, 0.25) is 0 Å². The van der Waals surface area contributed by atoms with E-state index in [1.807, 2.05) is 0 Å². The van der Waals surface area contributed by atoms with Crippen molar-refractivity contribution < 1.29 is 22.8 Å². The lowest BCUT2D eigenvalue weighted by Crippen LogP contribution is -2.68. The number of hydrogen-bond donors (Lipinski definition) is 2. The number of sulfonamides is 1.